The zero-order valence-corrected chi connectivity index (χ0v) is 10.5. The van der Waals surface area contributed by atoms with Crippen LogP contribution in [-0.2, 0) is 0 Å². The summed E-state index contributed by atoms with van der Waals surface area (Å²) in [6, 6.07) is 12.6. The third-order valence-corrected chi connectivity index (χ3v) is 3.36. The average Bonchev–Trinajstić information content (AvgIpc) is 2.39. The molecule has 0 saturated heterocycles. The first-order valence-electron chi connectivity index (χ1n) is 5.32. The summed E-state index contributed by atoms with van der Waals surface area (Å²) in [6.07, 6.45) is 0. The van der Waals surface area contributed by atoms with Gasteiger partial charge in [0, 0.05) is 21.9 Å². The van der Waals surface area contributed by atoms with E-state index in [-0.39, 0.29) is 11.3 Å². The molecule has 96 valence electrons. The molecule has 0 aliphatic carbocycles. The quantitative estimate of drug-likeness (QED) is 0.682. The molecule has 0 amide bonds. The Morgan fingerprint density at radius 1 is 1.11 bits per heavy atom. The summed E-state index contributed by atoms with van der Waals surface area (Å²) in [5.74, 6) is -0.980. The summed E-state index contributed by atoms with van der Waals surface area (Å²) in [7, 11) is 0. The summed E-state index contributed by atoms with van der Waals surface area (Å²) in [6.45, 7) is 0. The minimum Gasteiger partial charge on any atom is -0.478 e. The normalized spacial score (nSPS) is 10.1. The Balaban J connectivity index is 2.19. The van der Waals surface area contributed by atoms with Crippen LogP contribution in [0, 0.1) is 10.1 Å². The van der Waals surface area contributed by atoms with Gasteiger partial charge in [-0.15, -0.1) is 0 Å². The highest BCUT2D eigenvalue weighted by atomic mass is 32.2. The third-order valence-electron chi connectivity index (χ3n) is 2.36. The summed E-state index contributed by atoms with van der Waals surface area (Å²) < 4.78 is 0. The molecule has 0 atom stereocenters. The fourth-order valence-corrected chi connectivity index (χ4v) is 2.34. The molecule has 0 radical (unpaired) electrons. The lowest BCUT2D eigenvalue weighted by molar-refractivity contribution is -0.384. The van der Waals surface area contributed by atoms with E-state index in [9.17, 15) is 14.9 Å². The Bertz CT molecular complexity index is 625. The van der Waals surface area contributed by atoms with Crippen molar-refractivity contribution < 1.29 is 14.8 Å². The molecule has 0 saturated carbocycles. The van der Waals surface area contributed by atoms with Crippen molar-refractivity contribution in [2.24, 2.45) is 0 Å². The second-order valence-corrected chi connectivity index (χ2v) is 4.83. The maximum atomic E-state index is 10.8. The molecule has 2 aromatic rings. The number of nitrogens with zero attached hydrogens (tertiary/aromatic N) is 1. The third kappa shape index (κ3) is 3.32. The van der Waals surface area contributed by atoms with Gasteiger partial charge in [-0.3, -0.25) is 10.1 Å². The van der Waals surface area contributed by atoms with Crippen molar-refractivity contribution in [1.82, 2.24) is 0 Å². The number of hydrogen-bond donors (Lipinski definition) is 1. The van der Waals surface area contributed by atoms with Crippen LogP contribution in [0.1, 0.15) is 10.4 Å². The molecule has 0 aliphatic rings. The molecule has 1 N–H and O–H groups in total. The summed E-state index contributed by atoms with van der Waals surface area (Å²) in [4.78, 5) is 22.5. The Morgan fingerprint density at radius 2 is 1.79 bits per heavy atom. The first-order valence-corrected chi connectivity index (χ1v) is 6.13. The summed E-state index contributed by atoms with van der Waals surface area (Å²) >= 11 is 1.35. The maximum Gasteiger partial charge on any atom is 0.335 e. The molecule has 0 aliphatic heterocycles. The van der Waals surface area contributed by atoms with Gasteiger partial charge < -0.3 is 5.11 Å². The number of non-ortho nitro benzene ring substituents is 1. The Morgan fingerprint density at radius 3 is 2.37 bits per heavy atom. The van der Waals surface area contributed by atoms with Gasteiger partial charge in [0.05, 0.1) is 10.5 Å². The molecule has 0 spiro atoms. The molecular formula is C13H9NO4S. The van der Waals surface area contributed by atoms with Crippen LogP contribution in [0.15, 0.2) is 58.3 Å². The lowest BCUT2D eigenvalue weighted by Gasteiger charge is -2.02. The van der Waals surface area contributed by atoms with Crippen molar-refractivity contribution in [3.05, 3.63) is 64.2 Å². The molecule has 6 heteroatoms. The molecule has 0 heterocycles. The Labute approximate surface area is 113 Å². The maximum absolute atomic E-state index is 10.8. The summed E-state index contributed by atoms with van der Waals surface area (Å²) in [5, 5.41) is 19.4. The van der Waals surface area contributed by atoms with Crippen LogP contribution in [-0.4, -0.2) is 16.0 Å². The van der Waals surface area contributed by atoms with Crippen molar-refractivity contribution in [3.63, 3.8) is 0 Å². The monoisotopic (exact) mass is 275 g/mol. The molecule has 0 bridgehead atoms. The van der Waals surface area contributed by atoms with Gasteiger partial charge in [0.15, 0.2) is 0 Å². The molecule has 2 aromatic carbocycles. The average molecular weight is 275 g/mol. The number of aromatic carboxylic acids is 1. The molecule has 5 nitrogen and oxygen atoms in total. The minimum atomic E-state index is -0.980. The van der Waals surface area contributed by atoms with Gasteiger partial charge in [0.25, 0.3) is 5.69 Å². The number of nitro benzene ring substituents is 1. The van der Waals surface area contributed by atoms with Gasteiger partial charge in [-0.25, -0.2) is 4.79 Å². The second kappa shape index (κ2) is 5.53. The fraction of sp³-hybridized carbons (Fsp3) is 0. The Hall–Kier alpha value is -2.34. The highest BCUT2D eigenvalue weighted by Gasteiger charge is 2.07. The topological polar surface area (TPSA) is 80.4 Å². The van der Waals surface area contributed by atoms with Crippen LogP contribution in [0.2, 0.25) is 0 Å². The number of carbonyl (C=O) groups is 1. The van der Waals surface area contributed by atoms with E-state index in [2.05, 4.69) is 0 Å². The van der Waals surface area contributed by atoms with Gasteiger partial charge in [0.2, 0.25) is 0 Å². The number of nitro groups is 1. The van der Waals surface area contributed by atoms with Crippen molar-refractivity contribution >= 4 is 23.4 Å². The van der Waals surface area contributed by atoms with Crippen LogP contribution >= 0.6 is 11.8 Å². The number of hydrogen-bond acceptors (Lipinski definition) is 4. The first-order chi connectivity index (χ1) is 9.06. The molecule has 0 unspecified atom stereocenters. The number of carboxylic acids is 1. The zero-order chi connectivity index (χ0) is 13.8. The fourth-order valence-electron chi connectivity index (χ4n) is 1.46. The molecule has 2 rings (SSSR count). The number of carboxylic acid groups (broad SMARTS) is 1. The van der Waals surface area contributed by atoms with E-state index in [4.69, 9.17) is 5.11 Å². The van der Waals surface area contributed by atoms with Crippen LogP contribution in [0.25, 0.3) is 0 Å². The number of benzene rings is 2. The van der Waals surface area contributed by atoms with Crippen LogP contribution in [0.3, 0.4) is 0 Å². The predicted molar refractivity (Wildman–Crippen MR) is 70.6 cm³/mol. The highest BCUT2D eigenvalue weighted by Crippen LogP contribution is 2.29. The van der Waals surface area contributed by atoms with E-state index < -0.39 is 10.9 Å². The second-order valence-electron chi connectivity index (χ2n) is 3.69. The van der Waals surface area contributed by atoms with Crippen LogP contribution < -0.4 is 0 Å². The van der Waals surface area contributed by atoms with Gasteiger partial charge in [-0.05, 0) is 30.3 Å². The minimum absolute atomic E-state index is 0.0311. The first kappa shape index (κ1) is 13.1. The van der Waals surface area contributed by atoms with Crippen LogP contribution in [0.4, 0.5) is 5.69 Å². The predicted octanol–water partition coefficient (Wildman–Crippen LogP) is 3.44. The van der Waals surface area contributed by atoms with Crippen molar-refractivity contribution in [3.8, 4) is 0 Å². The van der Waals surface area contributed by atoms with Crippen molar-refractivity contribution in [2.75, 3.05) is 0 Å². The van der Waals surface area contributed by atoms with E-state index >= 15 is 0 Å². The number of rotatable bonds is 4. The Kier molecular flexibility index (Phi) is 3.82. The van der Waals surface area contributed by atoms with Crippen molar-refractivity contribution in [1.29, 1.82) is 0 Å². The van der Waals surface area contributed by atoms with E-state index in [0.29, 0.717) is 0 Å². The van der Waals surface area contributed by atoms with Gasteiger partial charge in [0.1, 0.15) is 0 Å². The van der Waals surface area contributed by atoms with Gasteiger partial charge in [-0.2, -0.15) is 0 Å². The van der Waals surface area contributed by atoms with Crippen LogP contribution in [0.5, 0.6) is 0 Å². The lowest BCUT2D eigenvalue weighted by atomic mass is 10.2. The zero-order valence-electron chi connectivity index (χ0n) is 9.65. The largest absolute Gasteiger partial charge is 0.478 e. The molecule has 0 fully saturated rings. The van der Waals surface area contributed by atoms with E-state index in [1.54, 1.807) is 30.3 Å². The SMILES string of the molecule is O=C(O)c1cccc(Sc2ccc([N+](=O)[O-])cc2)c1. The van der Waals surface area contributed by atoms with Gasteiger partial charge >= 0.3 is 5.97 Å². The summed E-state index contributed by atoms with van der Waals surface area (Å²) in [5.41, 5.74) is 0.246. The highest BCUT2D eigenvalue weighted by molar-refractivity contribution is 7.99. The lowest BCUT2D eigenvalue weighted by Crippen LogP contribution is -1.95. The van der Waals surface area contributed by atoms with E-state index in [1.807, 2.05) is 0 Å². The molecule has 19 heavy (non-hydrogen) atoms. The van der Waals surface area contributed by atoms with Gasteiger partial charge in [-0.1, -0.05) is 17.8 Å². The molecular weight excluding hydrogens is 266 g/mol. The van der Waals surface area contributed by atoms with Crippen molar-refractivity contribution in [2.45, 2.75) is 9.79 Å². The van der Waals surface area contributed by atoms with E-state index in [0.717, 1.165) is 9.79 Å². The smallest absolute Gasteiger partial charge is 0.335 e. The molecule has 0 aromatic heterocycles. The van der Waals surface area contributed by atoms with E-state index in [1.165, 1.54) is 30.0 Å². The standard InChI is InChI=1S/C13H9NO4S/c15-13(16)9-2-1-3-12(8-9)19-11-6-4-10(5-7-11)14(17)18/h1-8H,(H,15,16).